The van der Waals surface area contributed by atoms with Crippen molar-refractivity contribution < 1.29 is 42.5 Å². The van der Waals surface area contributed by atoms with Crippen molar-refractivity contribution in [1.29, 1.82) is 0 Å². The molecule has 1 aliphatic heterocycles. The van der Waals surface area contributed by atoms with Crippen molar-refractivity contribution in [3.05, 3.63) is 70.3 Å². The molecule has 1 fully saturated rings. The van der Waals surface area contributed by atoms with E-state index in [9.17, 15) is 32.7 Å². The minimum Gasteiger partial charge on any atom is -0.504 e. The SMILES string of the molecule is Cc1nc(CC2CCN(c3ccc(-c4ccc(COC(=O)C(F)(F)F)cc4)c(Cl)c3)CC2)nc(C(=O)NCC(=O)O)c1O. The molecule has 1 aromatic heterocycles. The van der Waals surface area contributed by atoms with E-state index in [1.54, 1.807) is 31.2 Å². The molecule has 10 nitrogen and oxygen atoms in total. The molecule has 2 aromatic carbocycles. The number of benzene rings is 2. The lowest BCUT2D eigenvalue weighted by Crippen LogP contribution is -2.34. The number of carboxylic acid groups (broad SMARTS) is 1. The number of alkyl halides is 3. The molecule has 1 aliphatic rings. The lowest BCUT2D eigenvalue weighted by molar-refractivity contribution is -0.201. The predicted molar refractivity (Wildman–Crippen MR) is 150 cm³/mol. The number of rotatable bonds is 9. The molecule has 0 aliphatic carbocycles. The maximum atomic E-state index is 12.3. The summed E-state index contributed by atoms with van der Waals surface area (Å²) < 4.78 is 41.3. The van der Waals surface area contributed by atoms with Gasteiger partial charge in [0.15, 0.2) is 11.4 Å². The van der Waals surface area contributed by atoms with Gasteiger partial charge in [-0.25, -0.2) is 14.8 Å². The maximum absolute atomic E-state index is 12.3. The molecule has 4 rings (SSSR count). The number of nitrogens with one attached hydrogen (secondary N) is 1. The number of nitrogens with zero attached hydrogens (tertiary/aromatic N) is 3. The molecular formula is C29H28ClF3N4O6. The second-order valence-electron chi connectivity index (χ2n) is 10.1. The second-order valence-corrected chi connectivity index (χ2v) is 10.5. The van der Waals surface area contributed by atoms with Gasteiger partial charge in [-0.15, -0.1) is 0 Å². The van der Waals surface area contributed by atoms with Gasteiger partial charge in [0.1, 0.15) is 19.0 Å². The predicted octanol–water partition coefficient (Wildman–Crippen LogP) is 4.69. The largest absolute Gasteiger partial charge is 0.504 e. The van der Waals surface area contributed by atoms with E-state index >= 15 is 0 Å². The summed E-state index contributed by atoms with van der Waals surface area (Å²) in [7, 11) is 0. The van der Waals surface area contributed by atoms with Gasteiger partial charge in [-0.3, -0.25) is 9.59 Å². The zero-order chi connectivity index (χ0) is 31.3. The summed E-state index contributed by atoms with van der Waals surface area (Å²) in [5, 5.41) is 21.7. The molecule has 1 amide bonds. The van der Waals surface area contributed by atoms with Crippen LogP contribution in [0.4, 0.5) is 18.9 Å². The summed E-state index contributed by atoms with van der Waals surface area (Å²) >= 11 is 6.60. The van der Waals surface area contributed by atoms with E-state index in [1.807, 2.05) is 18.2 Å². The third-order valence-corrected chi connectivity index (χ3v) is 7.30. The zero-order valence-corrected chi connectivity index (χ0v) is 23.7. The first kappa shape index (κ1) is 31.5. The molecule has 0 radical (unpaired) electrons. The number of ether oxygens (including phenoxy) is 1. The quantitative estimate of drug-likeness (QED) is 0.290. The maximum Gasteiger partial charge on any atom is 0.490 e. The molecule has 14 heteroatoms. The summed E-state index contributed by atoms with van der Waals surface area (Å²) in [6, 6.07) is 12.2. The van der Waals surface area contributed by atoms with E-state index in [-0.39, 0.29) is 23.1 Å². The molecule has 0 atom stereocenters. The normalized spacial score (nSPS) is 13.9. The summed E-state index contributed by atoms with van der Waals surface area (Å²) in [5.74, 6) is -4.01. The fourth-order valence-electron chi connectivity index (χ4n) is 4.71. The van der Waals surface area contributed by atoms with E-state index in [2.05, 4.69) is 24.9 Å². The summed E-state index contributed by atoms with van der Waals surface area (Å²) in [6.07, 6.45) is -2.94. The van der Waals surface area contributed by atoms with Crippen LogP contribution < -0.4 is 10.2 Å². The van der Waals surface area contributed by atoms with Gasteiger partial charge in [0.25, 0.3) is 5.91 Å². The van der Waals surface area contributed by atoms with E-state index in [4.69, 9.17) is 16.7 Å². The fraction of sp³-hybridized carbons (Fsp3) is 0.345. The number of hydrogen-bond acceptors (Lipinski definition) is 8. The number of amides is 1. The number of aromatic nitrogens is 2. The number of esters is 1. The smallest absolute Gasteiger partial charge is 0.490 e. The zero-order valence-electron chi connectivity index (χ0n) is 22.9. The molecule has 0 spiro atoms. The third kappa shape index (κ3) is 8.13. The van der Waals surface area contributed by atoms with Crippen molar-refractivity contribution in [2.24, 2.45) is 5.92 Å². The van der Waals surface area contributed by atoms with Gasteiger partial charge in [-0.05, 0) is 48.9 Å². The number of carbonyl (C=O) groups is 3. The van der Waals surface area contributed by atoms with Gasteiger partial charge < -0.3 is 25.2 Å². The number of hydrogen-bond donors (Lipinski definition) is 3. The Hall–Kier alpha value is -4.39. The van der Waals surface area contributed by atoms with Crippen molar-refractivity contribution in [2.75, 3.05) is 24.5 Å². The Morgan fingerprint density at radius 2 is 1.77 bits per heavy atom. The molecule has 3 aromatic rings. The Balaban J connectivity index is 1.35. The van der Waals surface area contributed by atoms with Crippen LogP contribution >= 0.6 is 11.6 Å². The Labute approximate surface area is 249 Å². The van der Waals surface area contributed by atoms with E-state index in [0.717, 1.165) is 42.7 Å². The molecule has 1 saturated heterocycles. The highest BCUT2D eigenvalue weighted by Crippen LogP contribution is 2.34. The van der Waals surface area contributed by atoms with Crippen LogP contribution in [-0.2, 0) is 27.4 Å². The van der Waals surface area contributed by atoms with Gasteiger partial charge in [0, 0.05) is 30.8 Å². The lowest BCUT2D eigenvalue weighted by Gasteiger charge is -2.33. The van der Waals surface area contributed by atoms with Crippen LogP contribution in [0.2, 0.25) is 5.02 Å². The first-order chi connectivity index (χ1) is 20.3. The fourth-order valence-corrected chi connectivity index (χ4v) is 5.00. The summed E-state index contributed by atoms with van der Waals surface area (Å²) in [6.45, 7) is 1.92. The Bertz CT molecular complexity index is 1510. The highest BCUT2D eigenvalue weighted by molar-refractivity contribution is 6.33. The van der Waals surface area contributed by atoms with E-state index in [0.29, 0.717) is 22.8 Å². The van der Waals surface area contributed by atoms with Crippen LogP contribution in [0.5, 0.6) is 5.75 Å². The van der Waals surface area contributed by atoms with Crippen LogP contribution in [0, 0.1) is 12.8 Å². The highest BCUT2D eigenvalue weighted by atomic mass is 35.5. The van der Waals surface area contributed by atoms with Crippen molar-refractivity contribution in [1.82, 2.24) is 15.3 Å². The standard InChI is InChI=1S/C29H28ClF3N4O6/c1-16-26(40)25(27(41)34-14-24(38)39)36-23(35-16)12-17-8-10-37(11-9-17)20-6-7-21(22(30)13-20)19-4-2-18(3-5-19)15-43-28(42)29(31,32)33/h2-7,13,17,40H,8-12,14-15H2,1H3,(H,34,41)(H,38,39). The number of halogens is 4. The Morgan fingerprint density at radius 1 is 1.09 bits per heavy atom. The molecular weight excluding hydrogens is 593 g/mol. The number of carboxylic acids is 1. The molecule has 0 unspecified atom stereocenters. The van der Waals surface area contributed by atoms with Crippen LogP contribution in [-0.4, -0.2) is 63.8 Å². The van der Waals surface area contributed by atoms with Gasteiger partial charge in [-0.2, -0.15) is 13.2 Å². The van der Waals surface area contributed by atoms with Gasteiger partial charge >= 0.3 is 18.1 Å². The van der Waals surface area contributed by atoms with Gasteiger partial charge in [0.05, 0.1) is 10.7 Å². The van der Waals surface area contributed by atoms with E-state index < -0.39 is 37.2 Å². The van der Waals surface area contributed by atoms with E-state index in [1.165, 1.54) is 0 Å². The lowest BCUT2D eigenvalue weighted by atomic mass is 9.92. The van der Waals surface area contributed by atoms with Crippen LogP contribution in [0.3, 0.4) is 0 Å². The molecule has 3 N–H and O–H groups in total. The van der Waals surface area contributed by atoms with Crippen molar-refractivity contribution in [3.63, 3.8) is 0 Å². The number of aromatic hydroxyl groups is 1. The molecule has 228 valence electrons. The van der Waals surface area contributed by atoms with Crippen molar-refractivity contribution >= 4 is 35.1 Å². The molecule has 2 heterocycles. The minimum absolute atomic E-state index is 0.221. The average Bonchev–Trinajstić information content (AvgIpc) is 2.96. The number of carbonyl (C=O) groups excluding carboxylic acids is 2. The topological polar surface area (TPSA) is 142 Å². The minimum atomic E-state index is -5.04. The van der Waals surface area contributed by atoms with Crippen LogP contribution in [0.1, 0.15) is 40.4 Å². The first-order valence-electron chi connectivity index (χ1n) is 13.3. The average molecular weight is 621 g/mol. The second kappa shape index (κ2) is 13.3. The molecule has 0 bridgehead atoms. The number of aliphatic carboxylic acids is 1. The van der Waals surface area contributed by atoms with Crippen molar-refractivity contribution in [2.45, 2.75) is 39.0 Å². The third-order valence-electron chi connectivity index (χ3n) is 6.99. The highest BCUT2D eigenvalue weighted by Gasteiger charge is 2.40. The van der Waals surface area contributed by atoms with Crippen LogP contribution in [0.25, 0.3) is 11.1 Å². The van der Waals surface area contributed by atoms with Crippen molar-refractivity contribution in [3.8, 4) is 16.9 Å². The van der Waals surface area contributed by atoms with Crippen LogP contribution in [0.15, 0.2) is 42.5 Å². The number of aryl methyl sites for hydroxylation is 1. The monoisotopic (exact) mass is 620 g/mol. The summed E-state index contributed by atoms with van der Waals surface area (Å²) in [4.78, 5) is 44.7. The molecule has 0 saturated carbocycles. The molecule has 43 heavy (non-hydrogen) atoms. The van der Waals surface area contributed by atoms with Gasteiger partial charge in [0.2, 0.25) is 0 Å². The summed E-state index contributed by atoms with van der Waals surface area (Å²) in [5.41, 5.74) is 2.80. The Morgan fingerprint density at radius 3 is 2.37 bits per heavy atom. The first-order valence-corrected chi connectivity index (χ1v) is 13.6. The van der Waals surface area contributed by atoms with Gasteiger partial charge in [-0.1, -0.05) is 41.9 Å². The Kier molecular flexibility index (Phi) is 9.74. The number of anilines is 1. The number of piperidine rings is 1.